The van der Waals surface area contributed by atoms with Crippen molar-refractivity contribution in [1.29, 1.82) is 0 Å². The van der Waals surface area contributed by atoms with Crippen molar-refractivity contribution in [3.8, 4) is 0 Å². The first-order chi connectivity index (χ1) is 7.42. The highest BCUT2D eigenvalue weighted by molar-refractivity contribution is 7.11. The summed E-state index contributed by atoms with van der Waals surface area (Å²) < 4.78 is 0. The monoisotopic (exact) mass is 223 g/mol. The number of hydrogen-bond donors (Lipinski definition) is 1. The smallest absolute Gasteiger partial charge is 0.107 e. The molecule has 82 valence electrons. The van der Waals surface area contributed by atoms with Crippen LogP contribution in [0.15, 0.2) is 0 Å². The Morgan fingerprint density at radius 2 is 2.13 bits per heavy atom. The fourth-order valence-electron chi connectivity index (χ4n) is 2.37. The maximum atomic E-state index is 4.74. The number of thiazole rings is 1. The van der Waals surface area contributed by atoms with Crippen LogP contribution in [0.5, 0.6) is 0 Å². The molecule has 0 unspecified atom stereocenters. The minimum Gasteiger partial charge on any atom is -0.314 e. The summed E-state index contributed by atoms with van der Waals surface area (Å²) in [4.78, 5) is 8.80. The van der Waals surface area contributed by atoms with E-state index in [1.807, 2.05) is 11.3 Å². The van der Waals surface area contributed by atoms with E-state index in [4.69, 9.17) is 4.98 Å². The Bertz CT molecular complexity index is 320. The number of fused-ring (bicyclic) bond motifs is 1. The summed E-state index contributed by atoms with van der Waals surface area (Å²) in [5.74, 6) is 0. The van der Waals surface area contributed by atoms with Gasteiger partial charge in [0.2, 0.25) is 0 Å². The van der Waals surface area contributed by atoms with E-state index in [9.17, 15) is 0 Å². The van der Waals surface area contributed by atoms with Crippen molar-refractivity contribution in [1.82, 2.24) is 15.2 Å². The van der Waals surface area contributed by atoms with Crippen LogP contribution in [-0.4, -0.2) is 36.1 Å². The van der Waals surface area contributed by atoms with Crippen LogP contribution < -0.4 is 5.32 Å². The third-order valence-corrected chi connectivity index (χ3v) is 4.35. The van der Waals surface area contributed by atoms with Crippen LogP contribution in [-0.2, 0) is 19.4 Å². The average molecular weight is 223 g/mol. The van der Waals surface area contributed by atoms with Gasteiger partial charge in [0.05, 0.1) is 12.2 Å². The number of nitrogens with one attached hydrogen (secondary N) is 1. The van der Waals surface area contributed by atoms with E-state index in [0.717, 1.165) is 19.6 Å². The first-order valence-electron chi connectivity index (χ1n) is 5.82. The van der Waals surface area contributed by atoms with Gasteiger partial charge in [-0.1, -0.05) is 0 Å². The van der Waals surface area contributed by atoms with Gasteiger partial charge >= 0.3 is 0 Å². The fraction of sp³-hybridized carbons (Fsp3) is 0.727. The lowest BCUT2D eigenvalue weighted by Crippen LogP contribution is -2.42. The quantitative estimate of drug-likeness (QED) is 0.812. The Balaban J connectivity index is 1.66. The number of aromatic nitrogens is 1. The Morgan fingerprint density at radius 3 is 2.93 bits per heavy atom. The number of hydrogen-bond acceptors (Lipinski definition) is 4. The van der Waals surface area contributed by atoms with Crippen LogP contribution in [0.2, 0.25) is 0 Å². The number of piperazine rings is 1. The maximum absolute atomic E-state index is 4.74. The van der Waals surface area contributed by atoms with E-state index in [-0.39, 0.29) is 0 Å². The molecule has 0 amide bonds. The molecule has 0 radical (unpaired) electrons. The standard InChI is InChI=1S/C11H17N3S/c1-2-9-10(3-1)15-11(13-9)8-14-6-4-12-5-7-14/h12H,1-8H2. The third-order valence-electron chi connectivity index (χ3n) is 3.21. The van der Waals surface area contributed by atoms with Gasteiger partial charge in [-0.3, -0.25) is 4.90 Å². The zero-order valence-corrected chi connectivity index (χ0v) is 9.78. The van der Waals surface area contributed by atoms with Gasteiger partial charge in [0.1, 0.15) is 5.01 Å². The lowest BCUT2D eigenvalue weighted by atomic mass is 10.3. The largest absolute Gasteiger partial charge is 0.314 e. The number of aryl methyl sites for hydroxylation is 2. The van der Waals surface area contributed by atoms with Gasteiger partial charge < -0.3 is 5.32 Å². The summed E-state index contributed by atoms with van der Waals surface area (Å²) in [7, 11) is 0. The molecule has 3 rings (SSSR count). The molecule has 3 nitrogen and oxygen atoms in total. The van der Waals surface area contributed by atoms with Gasteiger partial charge in [-0.05, 0) is 19.3 Å². The molecule has 0 saturated carbocycles. The van der Waals surface area contributed by atoms with E-state index in [1.165, 1.54) is 43.1 Å². The van der Waals surface area contributed by atoms with Gasteiger partial charge in [0.15, 0.2) is 0 Å². The van der Waals surface area contributed by atoms with E-state index in [2.05, 4.69) is 10.2 Å². The van der Waals surface area contributed by atoms with Gasteiger partial charge in [-0.25, -0.2) is 4.98 Å². The molecule has 1 N–H and O–H groups in total. The molecule has 2 heterocycles. The second kappa shape index (κ2) is 4.20. The lowest BCUT2D eigenvalue weighted by molar-refractivity contribution is 0.233. The van der Waals surface area contributed by atoms with Crippen molar-refractivity contribution in [2.75, 3.05) is 26.2 Å². The molecule has 1 fully saturated rings. The Morgan fingerprint density at radius 1 is 1.27 bits per heavy atom. The van der Waals surface area contributed by atoms with Crippen LogP contribution >= 0.6 is 11.3 Å². The Labute approximate surface area is 94.5 Å². The van der Waals surface area contributed by atoms with Crippen LogP contribution in [0.1, 0.15) is 22.0 Å². The normalized spacial score (nSPS) is 21.9. The highest BCUT2D eigenvalue weighted by Gasteiger charge is 2.18. The van der Waals surface area contributed by atoms with Crippen molar-refractivity contribution in [2.45, 2.75) is 25.8 Å². The molecule has 0 spiro atoms. The van der Waals surface area contributed by atoms with Crippen molar-refractivity contribution in [3.05, 3.63) is 15.6 Å². The summed E-state index contributed by atoms with van der Waals surface area (Å²) in [6, 6.07) is 0. The molecule has 4 heteroatoms. The summed E-state index contributed by atoms with van der Waals surface area (Å²) in [6.07, 6.45) is 3.81. The van der Waals surface area contributed by atoms with Gasteiger partial charge in [-0.2, -0.15) is 0 Å². The molecule has 1 aromatic heterocycles. The molecule has 0 bridgehead atoms. The fourth-order valence-corrected chi connectivity index (χ4v) is 3.57. The highest BCUT2D eigenvalue weighted by atomic mass is 32.1. The maximum Gasteiger partial charge on any atom is 0.107 e. The summed E-state index contributed by atoms with van der Waals surface area (Å²) in [5.41, 5.74) is 1.39. The Hall–Kier alpha value is -0.450. The highest BCUT2D eigenvalue weighted by Crippen LogP contribution is 2.28. The van der Waals surface area contributed by atoms with Crippen molar-refractivity contribution >= 4 is 11.3 Å². The lowest BCUT2D eigenvalue weighted by Gasteiger charge is -2.26. The predicted octanol–water partition coefficient (Wildman–Crippen LogP) is 1.04. The van der Waals surface area contributed by atoms with Gasteiger partial charge in [0, 0.05) is 31.1 Å². The second-order valence-electron chi connectivity index (χ2n) is 4.36. The summed E-state index contributed by atoms with van der Waals surface area (Å²) >= 11 is 1.94. The molecular formula is C11H17N3S. The molecular weight excluding hydrogens is 206 g/mol. The Kier molecular flexibility index (Phi) is 2.73. The molecule has 0 atom stereocenters. The molecule has 15 heavy (non-hydrogen) atoms. The van der Waals surface area contributed by atoms with Crippen LogP contribution in [0.3, 0.4) is 0 Å². The topological polar surface area (TPSA) is 28.2 Å². The third kappa shape index (κ3) is 2.07. The molecule has 1 aromatic rings. The van der Waals surface area contributed by atoms with E-state index < -0.39 is 0 Å². The van der Waals surface area contributed by atoms with Gasteiger partial charge in [-0.15, -0.1) is 11.3 Å². The molecule has 1 aliphatic heterocycles. The SMILES string of the molecule is C1Cc2nc(CN3CCNCC3)sc2C1. The van der Waals surface area contributed by atoms with Crippen molar-refractivity contribution in [3.63, 3.8) is 0 Å². The zero-order chi connectivity index (χ0) is 10.1. The number of rotatable bonds is 2. The van der Waals surface area contributed by atoms with Crippen molar-refractivity contribution < 1.29 is 0 Å². The van der Waals surface area contributed by atoms with Gasteiger partial charge in [0.25, 0.3) is 0 Å². The van der Waals surface area contributed by atoms with Crippen LogP contribution in [0.25, 0.3) is 0 Å². The minimum absolute atomic E-state index is 1.07. The minimum atomic E-state index is 1.07. The van der Waals surface area contributed by atoms with E-state index in [1.54, 1.807) is 4.88 Å². The first-order valence-corrected chi connectivity index (χ1v) is 6.64. The summed E-state index contributed by atoms with van der Waals surface area (Å²) in [5, 5.41) is 4.72. The molecule has 0 aromatic carbocycles. The first kappa shape index (κ1) is 9.75. The molecule has 1 saturated heterocycles. The predicted molar refractivity (Wildman–Crippen MR) is 62.3 cm³/mol. The van der Waals surface area contributed by atoms with E-state index >= 15 is 0 Å². The summed E-state index contributed by atoms with van der Waals surface area (Å²) in [6.45, 7) is 5.67. The van der Waals surface area contributed by atoms with Crippen LogP contribution in [0.4, 0.5) is 0 Å². The second-order valence-corrected chi connectivity index (χ2v) is 5.53. The molecule has 2 aliphatic rings. The zero-order valence-electron chi connectivity index (χ0n) is 8.96. The van der Waals surface area contributed by atoms with Crippen LogP contribution in [0, 0.1) is 0 Å². The average Bonchev–Trinajstić information content (AvgIpc) is 2.79. The van der Waals surface area contributed by atoms with E-state index in [0.29, 0.717) is 0 Å². The number of nitrogens with zero attached hydrogens (tertiary/aromatic N) is 2. The molecule has 1 aliphatic carbocycles. The van der Waals surface area contributed by atoms with Crippen molar-refractivity contribution in [2.24, 2.45) is 0 Å².